The standard InChI is InChI=1S/C23H23NO6/c1-14-8-10-15(11-9-14)21(27)19-20(16-5-3-6-17(13-16)30-2)24(23(29)22(19)28)12-4-7-18(25)26/h3,5-6,8-11,13,20,27H,4,7,12H2,1-2H3,(H,25,26). The normalized spacial score (nSPS) is 17.9. The van der Waals surface area contributed by atoms with Gasteiger partial charge >= 0.3 is 5.97 Å². The quantitative estimate of drug-likeness (QED) is 0.413. The summed E-state index contributed by atoms with van der Waals surface area (Å²) < 4.78 is 5.26. The van der Waals surface area contributed by atoms with Crippen LogP contribution in [0.3, 0.4) is 0 Å². The number of benzene rings is 2. The van der Waals surface area contributed by atoms with Gasteiger partial charge in [0.2, 0.25) is 0 Å². The summed E-state index contributed by atoms with van der Waals surface area (Å²) in [6, 6.07) is 13.1. The number of carbonyl (C=O) groups is 3. The number of aryl methyl sites for hydroxylation is 1. The Hall–Kier alpha value is -3.61. The van der Waals surface area contributed by atoms with E-state index in [1.807, 2.05) is 6.92 Å². The number of hydrogen-bond acceptors (Lipinski definition) is 5. The number of rotatable bonds is 7. The number of aliphatic hydroxyl groups is 1. The van der Waals surface area contributed by atoms with E-state index < -0.39 is 23.7 Å². The fourth-order valence-corrected chi connectivity index (χ4v) is 3.54. The summed E-state index contributed by atoms with van der Waals surface area (Å²) >= 11 is 0. The molecule has 30 heavy (non-hydrogen) atoms. The SMILES string of the molecule is COc1cccc(C2C(=C(O)c3ccc(C)cc3)C(=O)C(=O)N2CCCC(=O)O)c1. The van der Waals surface area contributed by atoms with Crippen LogP contribution in [0.2, 0.25) is 0 Å². The van der Waals surface area contributed by atoms with Gasteiger partial charge in [0.05, 0.1) is 18.7 Å². The maximum absolute atomic E-state index is 12.9. The van der Waals surface area contributed by atoms with E-state index in [0.717, 1.165) is 5.56 Å². The van der Waals surface area contributed by atoms with E-state index in [1.54, 1.807) is 48.5 Å². The van der Waals surface area contributed by atoms with Crippen LogP contribution in [0.25, 0.3) is 5.76 Å². The van der Waals surface area contributed by atoms with Crippen LogP contribution in [0, 0.1) is 6.92 Å². The number of aliphatic carboxylic acids is 1. The first-order valence-corrected chi connectivity index (χ1v) is 9.54. The van der Waals surface area contributed by atoms with Gasteiger partial charge in [0.15, 0.2) is 0 Å². The van der Waals surface area contributed by atoms with E-state index in [0.29, 0.717) is 16.9 Å². The number of nitrogens with zero attached hydrogens (tertiary/aromatic N) is 1. The number of ketones is 1. The summed E-state index contributed by atoms with van der Waals surface area (Å²) in [5, 5.41) is 19.9. The predicted octanol–water partition coefficient (Wildman–Crippen LogP) is 3.29. The van der Waals surface area contributed by atoms with Crippen molar-refractivity contribution in [2.45, 2.75) is 25.8 Å². The summed E-state index contributed by atoms with van der Waals surface area (Å²) in [4.78, 5) is 37.9. The summed E-state index contributed by atoms with van der Waals surface area (Å²) in [5.74, 6) is -2.26. The fourth-order valence-electron chi connectivity index (χ4n) is 3.54. The monoisotopic (exact) mass is 409 g/mol. The second-order valence-electron chi connectivity index (χ2n) is 7.13. The van der Waals surface area contributed by atoms with Crippen LogP contribution in [0.4, 0.5) is 0 Å². The average Bonchev–Trinajstić information content (AvgIpc) is 2.98. The molecule has 7 nitrogen and oxygen atoms in total. The lowest BCUT2D eigenvalue weighted by Gasteiger charge is -2.25. The maximum atomic E-state index is 12.9. The highest BCUT2D eigenvalue weighted by atomic mass is 16.5. The zero-order valence-electron chi connectivity index (χ0n) is 16.8. The van der Waals surface area contributed by atoms with Gasteiger partial charge in [-0.1, -0.05) is 42.0 Å². The Morgan fingerprint density at radius 2 is 1.80 bits per heavy atom. The van der Waals surface area contributed by atoms with Crippen molar-refractivity contribution in [2.24, 2.45) is 0 Å². The predicted molar refractivity (Wildman–Crippen MR) is 110 cm³/mol. The Kier molecular flexibility index (Phi) is 6.20. The Bertz CT molecular complexity index is 1010. The lowest BCUT2D eigenvalue weighted by molar-refractivity contribution is -0.140. The molecular weight excluding hydrogens is 386 g/mol. The first-order valence-electron chi connectivity index (χ1n) is 9.54. The molecule has 1 fully saturated rings. The van der Waals surface area contributed by atoms with Gasteiger partial charge in [-0.2, -0.15) is 0 Å². The van der Waals surface area contributed by atoms with Crippen molar-refractivity contribution >= 4 is 23.4 Å². The molecule has 1 atom stereocenters. The van der Waals surface area contributed by atoms with E-state index >= 15 is 0 Å². The highest BCUT2D eigenvalue weighted by molar-refractivity contribution is 6.46. The molecule has 3 rings (SSSR count). The summed E-state index contributed by atoms with van der Waals surface area (Å²) in [5.41, 5.74) is 1.99. The molecule has 2 N–H and O–H groups in total. The van der Waals surface area contributed by atoms with E-state index in [2.05, 4.69) is 0 Å². The Labute approximate surface area is 174 Å². The topological polar surface area (TPSA) is 104 Å². The molecule has 0 spiro atoms. The number of carboxylic acid groups (broad SMARTS) is 1. The molecule has 7 heteroatoms. The zero-order valence-corrected chi connectivity index (χ0v) is 16.8. The highest BCUT2D eigenvalue weighted by Gasteiger charge is 2.45. The summed E-state index contributed by atoms with van der Waals surface area (Å²) in [6.45, 7) is 1.98. The molecule has 0 aromatic heterocycles. The number of Topliss-reactive ketones (excluding diaryl/α,β-unsaturated/α-hetero) is 1. The molecule has 1 heterocycles. The second kappa shape index (κ2) is 8.82. The number of methoxy groups -OCH3 is 1. The van der Waals surface area contributed by atoms with Gasteiger partial charge in [0.25, 0.3) is 11.7 Å². The van der Waals surface area contributed by atoms with E-state index in [9.17, 15) is 19.5 Å². The molecule has 1 saturated heterocycles. The molecule has 156 valence electrons. The molecule has 0 saturated carbocycles. The van der Waals surface area contributed by atoms with E-state index in [-0.39, 0.29) is 30.7 Å². The molecule has 1 aliphatic heterocycles. The number of ether oxygens (including phenoxy) is 1. The van der Waals surface area contributed by atoms with Crippen molar-refractivity contribution < 1.29 is 29.3 Å². The van der Waals surface area contributed by atoms with Crippen molar-refractivity contribution in [3.63, 3.8) is 0 Å². The summed E-state index contributed by atoms with van der Waals surface area (Å²) in [6.07, 6.45) is 0.0548. The molecule has 1 unspecified atom stereocenters. The molecule has 2 aromatic rings. The first kappa shape index (κ1) is 21.1. The van der Waals surface area contributed by atoms with E-state index in [1.165, 1.54) is 12.0 Å². The Balaban J connectivity index is 2.11. The van der Waals surface area contributed by atoms with Gasteiger partial charge < -0.3 is 19.8 Å². The van der Waals surface area contributed by atoms with Crippen molar-refractivity contribution in [2.75, 3.05) is 13.7 Å². The van der Waals surface area contributed by atoms with Crippen LogP contribution < -0.4 is 4.74 Å². The van der Waals surface area contributed by atoms with Gasteiger partial charge in [-0.15, -0.1) is 0 Å². The Morgan fingerprint density at radius 1 is 1.10 bits per heavy atom. The van der Waals surface area contributed by atoms with Gasteiger partial charge in [-0.05, 0) is 31.0 Å². The highest BCUT2D eigenvalue weighted by Crippen LogP contribution is 2.40. The summed E-state index contributed by atoms with van der Waals surface area (Å²) in [7, 11) is 1.51. The van der Waals surface area contributed by atoms with Gasteiger partial charge in [-0.25, -0.2) is 0 Å². The van der Waals surface area contributed by atoms with Crippen LogP contribution in [0.15, 0.2) is 54.1 Å². The molecule has 1 aliphatic rings. The second-order valence-corrected chi connectivity index (χ2v) is 7.13. The van der Waals surface area contributed by atoms with Gasteiger partial charge in [-0.3, -0.25) is 14.4 Å². The van der Waals surface area contributed by atoms with Gasteiger partial charge in [0.1, 0.15) is 11.5 Å². The van der Waals surface area contributed by atoms with Crippen LogP contribution in [-0.4, -0.2) is 46.4 Å². The average molecular weight is 409 g/mol. The van der Waals surface area contributed by atoms with Gasteiger partial charge in [0, 0.05) is 18.5 Å². The third kappa shape index (κ3) is 4.20. The number of hydrogen-bond donors (Lipinski definition) is 2. The smallest absolute Gasteiger partial charge is 0.303 e. The Morgan fingerprint density at radius 3 is 2.43 bits per heavy atom. The molecule has 0 bridgehead atoms. The molecule has 0 aliphatic carbocycles. The lowest BCUT2D eigenvalue weighted by atomic mass is 9.95. The van der Waals surface area contributed by atoms with Crippen LogP contribution in [0.5, 0.6) is 5.75 Å². The third-order valence-electron chi connectivity index (χ3n) is 5.06. The number of amides is 1. The fraction of sp³-hybridized carbons (Fsp3) is 0.261. The molecule has 2 aromatic carbocycles. The van der Waals surface area contributed by atoms with Crippen LogP contribution in [0.1, 0.15) is 35.6 Å². The van der Waals surface area contributed by atoms with Crippen LogP contribution in [-0.2, 0) is 14.4 Å². The number of likely N-dealkylation sites (tertiary alicyclic amines) is 1. The number of carboxylic acids is 1. The van der Waals surface area contributed by atoms with Crippen LogP contribution >= 0.6 is 0 Å². The third-order valence-corrected chi connectivity index (χ3v) is 5.06. The minimum absolute atomic E-state index is 0.0209. The van der Waals surface area contributed by atoms with Crippen molar-refractivity contribution in [1.82, 2.24) is 4.90 Å². The largest absolute Gasteiger partial charge is 0.507 e. The number of aliphatic hydroxyl groups excluding tert-OH is 1. The zero-order chi connectivity index (χ0) is 21.8. The van der Waals surface area contributed by atoms with Crippen molar-refractivity contribution in [3.8, 4) is 5.75 Å². The minimum Gasteiger partial charge on any atom is -0.507 e. The minimum atomic E-state index is -0.982. The van der Waals surface area contributed by atoms with E-state index in [4.69, 9.17) is 9.84 Å². The van der Waals surface area contributed by atoms with Crippen molar-refractivity contribution in [3.05, 3.63) is 70.8 Å². The molecule has 0 radical (unpaired) electrons. The number of carbonyl (C=O) groups excluding carboxylic acids is 2. The molecular formula is C23H23NO6. The molecule has 1 amide bonds. The maximum Gasteiger partial charge on any atom is 0.303 e. The first-order chi connectivity index (χ1) is 14.3. The lowest BCUT2D eigenvalue weighted by Crippen LogP contribution is -2.31. The van der Waals surface area contributed by atoms with Crippen molar-refractivity contribution in [1.29, 1.82) is 0 Å².